The van der Waals surface area contributed by atoms with Crippen LogP contribution in [0.4, 0.5) is 11.4 Å². The predicted molar refractivity (Wildman–Crippen MR) is 90.0 cm³/mol. The van der Waals surface area contributed by atoms with Crippen molar-refractivity contribution in [2.75, 3.05) is 11.1 Å². The molecule has 1 unspecified atom stereocenters. The van der Waals surface area contributed by atoms with E-state index in [4.69, 9.17) is 11.0 Å². The number of nitrogens with two attached hydrogens (primary N) is 1. The van der Waals surface area contributed by atoms with Gasteiger partial charge in [-0.05, 0) is 60.9 Å². The zero-order valence-corrected chi connectivity index (χ0v) is 13.1. The molecular formula is C18H19N3O2. The molecule has 5 nitrogen and oxygen atoms in total. The molecule has 0 aliphatic heterocycles. The number of hydrogen-bond donors (Lipinski definition) is 3. The SMILES string of the molecule is CCC(Nc1ccc(C#N)cc1)(C(=O)O)c1cc(C)cc(N)c1. The summed E-state index contributed by atoms with van der Waals surface area (Å²) in [6, 6.07) is 14.0. The van der Waals surface area contributed by atoms with Crippen LogP contribution >= 0.6 is 0 Å². The van der Waals surface area contributed by atoms with Crippen LogP contribution in [0.3, 0.4) is 0 Å². The van der Waals surface area contributed by atoms with Crippen LogP contribution in [0.1, 0.15) is 30.0 Å². The molecular weight excluding hydrogens is 290 g/mol. The van der Waals surface area contributed by atoms with Crippen molar-refractivity contribution >= 4 is 17.3 Å². The second-order valence-corrected chi connectivity index (χ2v) is 5.51. The summed E-state index contributed by atoms with van der Waals surface area (Å²) >= 11 is 0. The molecule has 2 aromatic carbocycles. The van der Waals surface area contributed by atoms with E-state index in [9.17, 15) is 9.90 Å². The first-order valence-electron chi connectivity index (χ1n) is 7.30. The van der Waals surface area contributed by atoms with Gasteiger partial charge in [0.2, 0.25) is 0 Å². The summed E-state index contributed by atoms with van der Waals surface area (Å²) in [4.78, 5) is 12.0. The van der Waals surface area contributed by atoms with E-state index in [0.29, 0.717) is 28.9 Å². The van der Waals surface area contributed by atoms with Gasteiger partial charge in [0.1, 0.15) is 0 Å². The first kappa shape index (κ1) is 16.4. The van der Waals surface area contributed by atoms with Crippen molar-refractivity contribution in [3.05, 3.63) is 59.2 Å². The van der Waals surface area contributed by atoms with Gasteiger partial charge in [-0.1, -0.05) is 13.0 Å². The summed E-state index contributed by atoms with van der Waals surface area (Å²) < 4.78 is 0. The molecule has 0 aliphatic carbocycles. The van der Waals surface area contributed by atoms with Crippen LogP contribution in [0.25, 0.3) is 0 Å². The van der Waals surface area contributed by atoms with Crippen molar-refractivity contribution in [3.8, 4) is 6.07 Å². The van der Waals surface area contributed by atoms with Crippen LogP contribution in [0, 0.1) is 18.3 Å². The second-order valence-electron chi connectivity index (χ2n) is 5.51. The number of nitriles is 1. The van der Waals surface area contributed by atoms with Crippen molar-refractivity contribution in [2.45, 2.75) is 25.8 Å². The number of carboxylic acid groups (broad SMARTS) is 1. The van der Waals surface area contributed by atoms with E-state index in [-0.39, 0.29) is 0 Å². The van der Waals surface area contributed by atoms with Gasteiger partial charge in [0.15, 0.2) is 5.54 Å². The van der Waals surface area contributed by atoms with Crippen LogP contribution < -0.4 is 11.1 Å². The monoisotopic (exact) mass is 309 g/mol. The molecule has 0 spiro atoms. The normalized spacial score (nSPS) is 12.9. The maximum atomic E-state index is 12.0. The molecule has 4 N–H and O–H groups in total. The number of carbonyl (C=O) groups is 1. The number of nitrogens with zero attached hydrogens (tertiary/aromatic N) is 1. The maximum Gasteiger partial charge on any atom is 0.334 e. The number of nitrogens with one attached hydrogen (secondary N) is 1. The number of nitrogen functional groups attached to an aromatic ring is 1. The van der Waals surface area contributed by atoms with Gasteiger partial charge < -0.3 is 16.2 Å². The van der Waals surface area contributed by atoms with Gasteiger partial charge in [-0.25, -0.2) is 4.79 Å². The Morgan fingerprint density at radius 3 is 2.43 bits per heavy atom. The van der Waals surface area contributed by atoms with Crippen molar-refractivity contribution in [2.24, 2.45) is 0 Å². The number of rotatable bonds is 5. The third-order valence-corrected chi connectivity index (χ3v) is 3.86. The van der Waals surface area contributed by atoms with Crippen molar-refractivity contribution in [1.82, 2.24) is 0 Å². The summed E-state index contributed by atoms with van der Waals surface area (Å²) in [7, 11) is 0. The van der Waals surface area contributed by atoms with Crippen LogP contribution in [0.15, 0.2) is 42.5 Å². The first-order chi connectivity index (χ1) is 10.9. The highest BCUT2D eigenvalue weighted by Crippen LogP contribution is 2.32. The summed E-state index contributed by atoms with van der Waals surface area (Å²) in [6.45, 7) is 3.69. The van der Waals surface area contributed by atoms with Crippen LogP contribution in [-0.2, 0) is 10.3 Å². The maximum absolute atomic E-state index is 12.0. The van der Waals surface area contributed by atoms with E-state index in [2.05, 4.69) is 5.32 Å². The van der Waals surface area contributed by atoms with Crippen LogP contribution in [-0.4, -0.2) is 11.1 Å². The molecule has 0 aromatic heterocycles. The molecule has 0 amide bonds. The van der Waals surface area contributed by atoms with E-state index >= 15 is 0 Å². The van der Waals surface area contributed by atoms with E-state index in [1.165, 1.54) is 0 Å². The number of benzene rings is 2. The van der Waals surface area contributed by atoms with Crippen molar-refractivity contribution in [1.29, 1.82) is 5.26 Å². The summed E-state index contributed by atoms with van der Waals surface area (Å²) in [6.07, 6.45) is 0.339. The topological polar surface area (TPSA) is 99.1 Å². The third-order valence-electron chi connectivity index (χ3n) is 3.86. The van der Waals surface area contributed by atoms with Gasteiger partial charge in [-0.2, -0.15) is 5.26 Å². The average molecular weight is 309 g/mol. The Bertz CT molecular complexity index is 743. The Labute approximate surface area is 135 Å². The smallest absolute Gasteiger partial charge is 0.334 e. The van der Waals surface area contributed by atoms with Gasteiger partial charge in [0, 0.05) is 11.4 Å². The summed E-state index contributed by atoms with van der Waals surface area (Å²) in [5.74, 6) is -0.977. The van der Waals surface area contributed by atoms with E-state index in [0.717, 1.165) is 5.56 Å². The molecule has 2 aromatic rings. The quantitative estimate of drug-likeness (QED) is 0.736. The number of carboxylic acids is 1. The lowest BCUT2D eigenvalue weighted by atomic mass is 9.85. The molecule has 118 valence electrons. The number of anilines is 2. The fourth-order valence-electron chi connectivity index (χ4n) is 2.63. The molecule has 23 heavy (non-hydrogen) atoms. The number of hydrogen-bond acceptors (Lipinski definition) is 4. The van der Waals surface area contributed by atoms with E-state index in [1.54, 1.807) is 36.4 Å². The van der Waals surface area contributed by atoms with E-state index in [1.807, 2.05) is 26.0 Å². The molecule has 0 heterocycles. The first-order valence-corrected chi connectivity index (χ1v) is 7.30. The molecule has 1 atom stereocenters. The molecule has 5 heteroatoms. The molecule has 0 saturated carbocycles. The standard InChI is InChI=1S/C18H19N3O2/c1-3-18(17(22)23,14-8-12(2)9-15(20)10-14)21-16-6-4-13(11-19)5-7-16/h4-10,21H,3,20H2,1-2H3,(H,22,23). The minimum Gasteiger partial charge on any atom is -0.479 e. The molecule has 0 radical (unpaired) electrons. The van der Waals surface area contributed by atoms with Crippen LogP contribution in [0.5, 0.6) is 0 Å². The van der Waals surface area contributed by atoms with Gasteiger partial charge >= 0.3 is 5.97 Å². The fourth-order valence-corrected chi connectivity index (χ4v) is 2.63. The van der Waals surface area contributed by atoms with Crippen LogP contribution in [0.2, 0.25) is 0 Å². The van der Waals surface area contributed by atoms with E-state index < -0.39 is 11.5 Å². The van der Waals surface area contributed by atoms with Gasteiger partial charge in [-0.3, -0.25) is 0 Å². The molecule has 0 bridgehead atoms. The summed E-state index contributed by atoms with van der Waals surface area (Å²) in [5, 5.41) is 21.8. The molecule has 2 rings (SSSR count). The Balaban J connectivity index is 2.50. The zero-order chi connectivity index (χ0) is 17.0. The summed E-state index contributed by atoms with van der Waals surface area (Å²) in [5.41, 5.74) is 7.79. The lowest BCUT2D eigenvalue weighted by Crippen LogP contribution is -2.43. The largest absolute Gasteiger partial charge is 0.479 e. The minimum absolute atomic E-state index is 0.339. The number of aliphatic carboxylic acids is 1. The molecule has 0 saturated heterocycles. The lowest BCUT2D eigenvalue weighted by molar-refractivity contribution is -0.142. The Kier molecular flexibility index (Phi) is 4.56. The van der Waals surface area contributed by atoms with Crippen molar-refractivity contribution in [3.63, 3.8) is 0 Å². The third kappa shape index (κ3) is 3.27. The average Bonchev–Trinajstić information content (AvgIpc) is 2.52. The van der Waals surface area contributed by atoms with Gasteiger partial charge in [0.25, 0.3) is 0 Å². The number of aryl methyl sites for hydroxylation is 1. The lowest BCUT2D eigenvalue weighted by Gasteiger charge is -2.31. The highest BCUT2D eigenvalue weighted by Gasteiger charge is 2.39. The Hall–Kier alpha value is -3.00. The Morgan fingerprint density at radius 2 is 1.96 bits per heavy atom. The molecule has 0 aliphatic rings. The zero-order valence-electron chi connectivity index (χ0n) is 13.1. The predicted octanol–water partition coefficient (Wildman–Crippen LogP) is 3.25. The van der Waals surface area contributed by atoms with Gasteiger partial charge in [0.05, 0.1) is 11.6 Å². The molecule has 0 fully saturated rings. The van der Waals surface area contributed by atoms with Crippen molar-refractivity contribution < 1.29 is 9.90 Å². The van der Waals surface area contributed by atoms with Gasteiger partial charge in [-0.15, -0.1) is 0 Å². The highest BCUT2D eigenvalue weighted by atomic mass is 16.4. The Morgan fingerprint density at radius 1 is 1.30 bits per heavy atom. The minimum atomic E-state index is -1.28. The highest BCUT2D eigenvalue weighted by molar-refractivity contribution is 5.85. The fraction of sp³-hybridized carbons (Fsp3) is 0.222. The second kappa shape index (κ2) is 6.41.